The third-order valence-corrected chi connectivity index (χ3v) is 7.32. The van der Waals surface area contributed by atoms with Crippen molar-refractivity contribution >= 4 is 35.1 Å². The topological polar surface area (TPSA) is 131 Å². The third-order valence-electron chi connectivity index (χ3n) is 7.32. The molecule has 3 N–H and O–H groups in total. The number of carbonyl (C=O) groups excluding carboxylic acids is 3. The SMILES string of the molecule is CC(C)(C)OC(=O)Nc1ccccc1NC(=O)c1ccc(CN(CCCN2CCOCC2)C(=O)Nc2ccc3c(c2)OCO3)cc1. The Morgan fingerprint density at radius 3 is 2.28 bits per heavy atom. The zero-order valence-electron chi connectivity index (χ0n) is 26.5. The molecular weight excluding hydrogens is 590 g/mol. The molecule has 2 aliphatic heterocycles. The van der Waals surface area contributed by atoms with Crippen molar-refractivity contribution in [1.29, 1.82) is 0 Å². The fourth-order valence-electron chi connectivity index (χ4n) is 5.03. The number of rotatable bonds is 10. The van der Waals surface area contributed by atoms with Gasteiger partial charge >= 0.3 is 12.1 Å². The molecule has 5 rings (SSSR count). The lowest BCUT2D eigenvalue weighted by Crippen LogP contribution is -2.40. The summed E-state index contributed by atoms with van der Waals surface area (Å²) in [6.07, 6.45) is 0.182. The molecule has 244 valence electrons. The summed E-state index contributed by atoms with van der Waals surface area (Å²) in [5.41, 5.74) is 2.11. The Hall–Kier alpha value is -4.81. The number of morpholine rings is 1. The van der Waals surface area contributed by atoms with E-state index in [0.29, 0.717) is 47.2 Å². The smallest absolute Gasteiger partial charge is 0.412 e. The van der Waals surface area contributed by atoms with Gasteiger partial charge in [-0.1, -0.05) is 24.3 Å². The number of hydrogen-bond donors (Lipinski definition) is 3. The van der Waals surface area contributed by atoms with E-state index in [4.69, 9.17) is 18.9 Å². The van der Waals surface area contributed by atoms with Gasteiger partial charge in [0.1, 0.15) is 5.60 Å². The van der Waals surface area contributed by atoms with Crippen molar-refractivity contribution in [3.63, 3.8) is 0 Å². The lowest BCUT2D eigenvalue weighted by Gasteiger charge is -2.28. The maximum Gasteiger partial charge on any atom is 0.412 e. The fourth-order valence-corrected chi connectivity index (χ4v) is 5.03. The molecule has 0 aromatic heterocycles. The Morgan fingerprint density at radius 2 is 1.57 bits per heavy atom. The number of amides is 4. The predicted octanol–water partition coefficient (Wildman–Crippen LogP) is 5.77. The van der Waals surface area contributed by atoms with Crippen LogP contribution in [-0.2, 0) is 16.0 Å². The summed E-state index contributed by atoms with van der Waals surface area (Å²) in [5, 5.41) is 8.53. The van der Waals surface area contributed by atoms with Crippen LogP contribution in [0.3, 0.4) is 0 Å². The van der Waals surface area contributed by atoms with Crippen LogP contribution in [-0.4, -0.2) is 79.6 Å². The van der Waals surface area contributed by atoms with Crippen molar-refractivity contribution in [2.24, 2.45) is 0 Å². The second-order valence-corrected chi connectivity index (χ2v) is 12.1. The van der Waals surface area contributed by atoms with E-state index in [1.807, 2.05) is 12.1 Å². The lowest BCUT2D eigenvalue weighted by molar-refractivity contribution is 0.0365. The highest BCUT2D eigenvalue weighted by atomic mass is 16.7. The minimum absolute atomic E-state index is 0.157. The first kappa shape index (κ1) is 32.6. The highest BCUT2D eigenvalue weighted by molar-refractivity contribution is 6.06. The molecule has 0 aliphatic carbocycles. The van der Waals surface area contributed by atoms with E-state index in [-0.39, 0.29) is 18.7 Å². The third kappa shape index (κ3) is 9.35. The van der Waals surface area contributed by atoms with Gasteiger partial charge in [-0.3, -0.25) is 15.0 Å². The molecule has 3 aromatic rings. The molecule has 3 aromatic carbocycles. The molecule has 0 unspecified atom stereocenters. The maximum atomic E-state index is 13.5. The monoisotopic (exact) mass is 631 g/mol. The molecular formula is C34H41N5O7. The van der Waals surface area contributed by atoms with Gasteiger partial charge in [0.2, 0.25) is 6.79 Å². The van der Waals surface area contributed by atoms with Crippen LogP contribution in [0.25, 0.3) is 0 Å². The summed E-state index contributed by atoms with van der Waals surface area (Å²) in [6.45, 7) is 10.5. The molecule has 0 bridgehead atoms. The van der Waals surface area contributed by atoms with Crippen molar-refractivity contribution in [2.45, 2.75) is 39.3 Å². The van der Waals surface area contributed by atoms with E-state index in [9.17, 15) is 14.4 Å². The fraction of sp³-hybridized carbons (Fsp3) is 0.382. The minimum Gasteiger partial charge on any atom is -0.454 e. The van der Waals surface area contributed by atoms with Crippen LogP contribution in [0, 0.1) is 0 Å². The second-order valence-electron chi connectivity index (χ2n) is 12.1. The molecule has 0 radical (unpaired) electrons. The Kier molecular flexibility index (Phi) is 10.6. The van der Waals surface area contributed by atoms with E-state index in [0.717, 1.165) is 44.8 Å². The molecule has 12 heteroatoms. The molecule has 0 spiro atoms. The largest absolute Gasteiger partial charge is 0.454 e. The minimum atomic E-state index is -0.658. The van der Waals surface area contributed by atoms with E-state index >= 15 is 0 Å². The number of ether oxygens (including phenoxy) is 4. The lowest BCUT2D eigenvalue weighted by atomic mass is 10.1. The molecule has 12 nitrogen and oxygen atoms in total. The number of nitrogens with zero attached hydrogens (tertiary/aromatic N) is 2. The van der Waals surface area contributed by atoms with Crippen molar-refractivity contribution < 1.29 is 33.3 Å². The highest BCUT2D eigenvalue weighted by Gasteiger charge is 2.20. The molecule has 1 saturated heterocycles. The van der Waals surface area contributed by atoms with Crippen LogP contribution >= 0.6 is 0 Å². The van der Waals surface area contributed by atoms with Gasteiger partial charge in [-0.15, -0.1) is 0 Å². The number of carbonyl (C=O) groups is 3. The number of benzene rings is 3. The van der Waals surface area contributed by atoms with Crippen LogP contribution in [0.15, 0.2) is 66.7 Å². The van der Waals surface area contributed by atoms with Crippen LogP contribution in [0.1, 0.15) is 43.1 Å². The van der Waals surface area contributed by atoms with Crippen LogP contribution in [0.4, 0.5) is 26.7 Å². The van der Waals surface area contributed by atoms with Gasteiger partial charge in [0.05, 0.1) is 24.6 Å². The van der Waals surface area contributed by atoms with Gasteiger partial charge < -0.3 is 34.5 Å². The average Bonchev–Trinajstić information content (AvgIpc) is 3.49. The number of nitrogens with one attached hydrogen (secondary N) is 3. The standard InChI is InChI=1S/C34H41N5O7/c1-34(2,3)46-33(42)37-28-8-5-4-7-27(28)36-31(40)25-11-9-24(10-12-25)22-39(16-6-15-38-17-19-43-20-18-38)32(41)35-26-13-14-29-30(21-26)45-23-44-29/h4-5,7-14,21H,6,15-20,22-23H2,1-3H3,(H,35,41)(H,36,40)(H,37,42). The Bertz CT molecular complexity index is 1520. The number of hydrogen-bond acceptors (Lipinski definition) is 8. The van der Waals surface area contributed by atoms with Gasteiger partial charge in [0.25, 0.3) is 5.91 Å². The number of anilines is 3. The Morgan fingerprint density at radius 1 is 0.870 bits per heavy atom. The average molecular weight is 632 g/mol. The first-order valence-corrected chi connectivity index (χ1v) is 15.4. The zero-order valence-corrected chi connectivity index (χ0v) is 26.5. The summed E-state index contributed by atoms with van der Waals surface area (Å²) < 4.78 is 21.6. The summed E-state index contributed by atoms with van der Waals surface area (Å²) in [6, 6.07) is 19.1. The molecule has 2 heterocycles. The number of para-hydroxylation sites is 2. The summed E-state index contributed by atoms with van der Waals surface area (Å²) in [7, 11) is 0. The Labute approximate surface area is 268 Å². The van der Waals surface area contributed by atoms with E-state index in [1.165, 1.54) is 0 Å². The molecule has 46 heavy (non-hydrogen) atoms. The summed E-state index contributed by atoms with van der Waals surface area (Å²) in [4.78, 5) is 43.0. The van der Waals surface area contributed by atoms with Gasteiger partial charge in [-0.25, -0.2) is 9.59 Å². The first-order valence-electron chi connectivity index (χ1n) is 15.4. The summed E-state index contributed by atoms with van der Waals surface area (Å²) >= 11 is 0. The second kappa shape index (κ2) is 15.0. The predicted molar refractivity (Wildman–Crippen MR) is 175 cm³/mol. The normalized spacial score (nSPS) is 14.3. The molecule has 2 aliphatic rings. The van der Waals surface area contributed by atoms with E-state index in [1.54, 1.807) is 80.3 Å². The summed E-state index contributed by atoms with van der Waals surface area (Å²) in [5.74, 6) is 0.897. The van der Waals surface area contributed by atoms with Crippen LogP contribution in [0.2, 0.25) is 0 Å². The van der Waals surface area contributed by atoms with Crippen molar-refractivity contribution in [1.82, 2.24) is 9.80 Å². The highest BCUT2D eigenvalue weighted by Crippen LogP contribution is 2.34. The zero-order chi connectivity index (χ0) is 32.5. The van der Waals surface area contributed by atoms with Crippen molar-refractivity contribution in [3.05, 3.63) is 77.9 Å². The molecule has 0 atom stereocenters. The number of fused-ring (bicyclic) bond motifs is 1. The van der Waals surface area contributed by atoms with Gasteiger partial charge in [-0.2, -0.15) is 0 Å². The maximum absolute atomic E-state index is 13.5. The van der Waals surface area contributed by atoms with Crippen LogP contribution in [0.5, 0.6) is 11.5 Å². The van der Waals surface area contributed by atoms with Gasteiger partial charge in [0.15, 0.2) is 11.5 Å². The van der Waals surface area contributed by atoms with E-state index in [2.05, 4.69) is 20.9 Å². The quantitative estimate of drug-likeness (QED) is 0.257. The number of urea groups is 1. The van der Waals surface area contributed by atoms with Gasteiger partial charge in [-0.05, 0) is 69.2 Å². The first-order chi connectivity index (χ1) is 22.1. The molecule has 0 saturated carbocycles. The van der Waals surface area contributed by atoms with Crippen molar-refractivity contribution in [3.8, 4) is 11.5 Å². The Balaban J connectivity index is 1.22. The van der Waals surface area contributed by atoms with E-state index < -0.39 is 11.7 Å². The molecule has 4 amide bonds. The molecule has 1 fully saturated rings. The van der Waals surface area contributed by atoms with Crippen molar-refractivity contribution in [2.75, 3.05) is 62.1 Å². The van der Waals surface area contributed by atoms with Gasteiger partial charge in [0, 0.05) is 50.0 Å². The van der Waals surface area contributed by atoms with Crippen LogP contribution < -0.4 is 25.4 Å².